The van der Waals surface area contributed by atoms with Crippen molar-refractivity contribution in [2.75, 3.05) is 0 Å². The van der Waals surface area contributed by atoms with E-state index < -0.39 is 0 Å². The van der Waals surface area contributed by atoms with Crippen LogP contribution in [0.25, 0.3) is 0 Å². The van der Waals surface area contributed by atoms with Crippen LogP contribution in [0.2, 0.25) is 0 Å². The zero-order chi connectivity index (χ0) is 12.8. The summed E-state index contributed by atoms with van der Waals surface area (Å²) in [6, 6.07) is 0. The van der Waals surface area contributed by atoms with Crippen molar-refractivity contribution in [1.82, 2.24) is 0 Å². The Labute approximate surface area is 102 Å². The molecule has 0 heterocycles. The Morgan fingerprint density at radius 1 is 1.00 bits per heavy atom. The average molecular weight is 218 g/mol. The molecule has 16 heavy (non-hydrogen) atoms. The highest BCUT2D eigenvalue weighted by molar-refractivity contribution is 5.02. The fourth-order valence-electron chi connectivity index (χ4n) is 0.831. The molecule has 0 amide bonds. The lowest BCUT2D eigenvalue weighted by atomic mass is 10.1. The van der Waals surface area contributed by atoms with Gasteiger partial charge in [-0.15, -0.1) is 19.7 Å². The van der Waals surface area contributed by atoms with Gasteiger partial charge in [0.05, 0.1) is 0 Å². The molecule has 0 bridgehead atoms. The Kier molecular flexibility index (Phi) is 14.6. The van der Waals surface area contributed by atoms with Crippen molar-refractivity contribution in [3.8, 4) is 0 Å². The molecule has 0 aromatic rings. The van der Waals surface area contributed by atoms with Crippen LogP contribution in [-0.4, -0.2) is 0 Å². The summed E-state index contributed by atoms with van der Waals surface area (Å²) < 4.78 is 0. The van der Waals surface area contributed by atoms with Gasteiger partial charge in [0.2, 0.25) is 0 Å². The van der Waals surface area contributed by atoms with E-state index in [1.807, 2.05) is 30.4 Å². The summed E-state index contributed by atoms with van der Waals surface area (Å²) in [5, 5.41) is 0. The first kappa shape index (κ1) is 17.1. The summed E-state index contributed by atoms with van der Waals surface area (Å²) >= 11 is 0. The first-order valence-electron chi connectivity index (χ1n) is 5.77. The third-order valence-electron chi connectivity index (χ3n) is 2.15. The smallest absolute Gasteiger partial charge is 0.00814 e. The van der Waals surface area contributed by atoms with Crippen LogP contribution in [0.4, 0.5) is 0 Å². The van der Waals surface area contributed by atoms with Gasteiger partial charge in [0, 0.05) is 0 Å². The molecule has 0 aliphatic rings. The van der Waals surface area contributed by atoms with Gasteiger partial charge < -0.3 is 0 Å². The Hall–Kier alpha value is -1.30. The van der Waals surface area contributed by atoms with E-state index in [2.05, 4.69) is 40.2 Å². The van der Waals surface area contributed by atoms with Crippen molar-refractivity contribution >= 4 is 0 Å². The van der Waals surface area contributed by atoms with Gasteiger partial charge in [0.1, 0.15) is 0 Å². The normalized spacial score (nSPS) is 13.1. The molecule has 0 spiro atoms. The van der Waals surface area contributed by atoms with E-state index in [0.29, 0.717) is 11.8 Å². The minimum absolute atomic E-state index is 0.466. The second-order valence-corrected chi connectivity index (χ2v) is 3.79. The molecule has 0 fully saturated rings. The number of hydrogen-bond donors (Lipinski definition) is 0. The molecule has 0 saturated carbocycles. The summed E-state index contributed by atoms with van der Waals surface area (Å²) in [6.07, 6.45) is 13.8. The maximum absolute atomic E-state index is 3.68. The fraction of sp³-hybridized carbons (Fsp3) is 0.375. The predicted octanol–water partition coefficient (Wildman–Crippen LogP) is 5.33. The number of hydrogen-bond acceptors (Lipinski definition) is 0. The van der Waals surface area contributed by atoms with Gasteiger partial charge in [0.15, 0.2) is 0 Å². The number of rotatable bonds is 7. The van der Waals surface area contributed by atoms with Crippen LogP contribution in [0.15, 0.2) is 62.8 Å². The molecule has 0 rings (SSSR count). The van der Waals surface area contributed by atoms with Gasteiger partial charge in [-0.05, 0) is 24.7 Å². The highest BCUT2D eigenvalue weighted by Crippen LogP contribution is 2.04. The van der Waals surface area contributed by atoms with Gasteiger partial charge >= 0.3 is 0 Å². The zero-order valence-corrected chi connectivity index (χ0v) is 10.9. The Bertz CT molecular complexity index is 220. The summed E-state index contributed by atoms with van der Waals surface area (Å²) in [7, 11) is 0. The van der Waals surface area contributed by atoms with E-state index in [9.17, 15) is 0 Å². The van der Waals surface area contributed by atoms with Gasteiger partial charge in [-0.3, -0.25) is 0 Å². The van der Waals surface area contributed by atoms with Crippen LogP contribution < -0.4 is 0 Å². The fourth-order valence-corrected chi connectivity index (χ4v) is 0.831. The van der Waals surface area contributed by atoms with Crippen molar-refractivity contribution in [1.29, 1.82) is 0 Å². The van der Waals surface area contributed by atoms with Crippen LogP contribution in [0, 0.1) is 11.8 Å². The van der Waals surface area contributed by atoms with E-state index >= 15 is 0 Å². The van der Waals surface area contributed by atoms with E-state index in [4.69, 9.17) is 0 Å². The van der Waals surface area contributed by atoms with Crippen LogP contribution in [0.3, 0.4) is 0 Å². The van der Waals surface area contributed by atoms with Crippen LogP contribution in [0.5, 0.6) is 0 Å². The molecule has 0 saturated heterocycles. The molecule has 0 radical (unpaired) electrons. The molecule has 0 aromatic carbocycles. The molecule has 0 aromatic heterocycles. The Balaban J connectivity index is 0. The van der Waals surface area contributed by atoms with Gasteiger partial charge in [-0.25, -0.2) is 0 Å². The average Bonchev–Trinajstić information content (AvgIpc) is 2.33. The summed E-state index contributed by atoms with van der Waals surface area (Å²) in [6.45, 7) is 18.7. The van der Waals surface area contributed by atoms with Crippen LogP contribution >= 0.6 is 0 Å². The molecular weight excluding hydrogens is 192 g/mol. The van der Waals surface area contributed by atoms with Crippen molar-refractivity contribution in [2.45, 2.75) is 26.7 Å². The third-order valence-corrected chi connectivity index (χ3v) is 2.15. The molecule has 2 atom stereocenters. The minimum atomic E-state index is 0.466. The monoisotopic (exact) mass is 218 g/mol. The molecule has 0 aliphatic heterocycles. The molecule has 0 nitrogen and oxygen atoms in total. The second kappa shape index (κ2) is 13.7. The van der Waals surface area contributed by atoms with Gasteiger partial charge in [-0.2, -0.15) is 0 Å². The zero-order valence-electron chi connectivity index (χ0n) is 10.9. The van der Waals surface area contributed by atoms with Crippen molar-refractivity contribution in [3.05, 3.63) is 62.8 Å². The highest BCUT2D eigenvalue weighted by atomic mass is 14.0. The SMILES string of the molecule is C=C/C=C/C(C)C=C.C=CCCC(C)C=C. The molecule has 2 unspecified atom stereocenters. The highest BCUT2D eigenvalue weighted by Gasteiger charge is 1.90. The lowest BCUT2D eigenvalue weighted by Gasteiger charge is -1.99. The van der Waals surface area contributed by atoms with Crippen molar-refractivity contribution in [3.63, 3.8) is 0 Å². The lowest BCUT2D eigenvalue weighted by Crippen LogP contribution is -1.85. The van der Waals surface area contributed by atoms with E-state index in [1.54, 1.807) is 6.08 Å². The minimum Gasteiger partial charge on any atom is -0.103 e. The van der Waals surface area contributed by atoms with E-state index in [0.717, 1.165) is 6.42 Å². The first-order valence-corrected chi connectivity index (χ1v) is 5.77. The maximum Gasteiger partial charge on any atom is -0.00814 e. The number of allylic oxidation sites excluding steroid dienone is 6. The largest absolute Gasteiger partial charge is 0.103 e. The first-order chi connectivity index (χ1) is 7.62. The summed E-state index contributed by atoms with van der Waals surface area (Å²) in [5.74, 6) is 1.11. The van der Waals surface area contributed by atoms with Crippen LogP contribution in [0.1, 0.15) is 26.7 Å². The standard InChI is InChI=1S/C8H14.C8H12/c2*1-4-6-7-8(3)5-2/h4-5,8H,1-2,6-7H2,3H3;4-8H,1-2H2,3H3/b;7-6+. The van der Waals surface area contributed by atoms with E-state index in [-0.39, 0.29) is 0 Å². The molecule has 0 heteroatoms. The summed E-state index contributed by atoms with van der Waals surface area (Å²) in [4.78, 5) is 0. The second-order valence-electron chi connectivity index (χ2n) is 3.79. The van der Waals surface area contributed by atoms with Crippen molar-refractivity contribution in [2.24, 2.45) is 11.8 Å². The lowest BCUT2D eigenvalue weighted by molar-refractivity contribution is 0.660. The third kappa shape index (κ3) is 15.2. The van der Waals surface area contributed by atoms with Crippen LogP contribution in [-0.2, 0) is 0 Å². The van der Waals surface area contributed by atoms with Crippen molar-refractivity contribution < 1.29 is 0 Å². The molecule has 0 N–H and O–H groups in total. The maximum atomic E-state index is 3.68. The van der Waals surface area contributed by atoms with Gasteiger partial charge in [0.25, 0.3) is 0 Å². The van der Waals surface area contributed by atoms with Gasteiger partial charge in [-0.1, -0.05) is 56.9 Å². The molecule has 0 aliphatic carbocycles. The molecule has 90 valence electrons. The predicted molar refractivity (Wildman–Crippen MR) is 77.5 cm³/mol. The Morgan fingerprint density at radius 2 is 1.62 bits per heavy atom. The summed E-state index contributed by atoms with van der Waals surface area (Å²) in [5.41, 5.74) is 0. The molecular formula is C16H26. The van der Waals surface area contributed by atoms with E-state index in [1.165, 1.54) is 6.42 Å². The Morgan fingerprint density at radius 3 is 2.00 bits per heavy atom. The quantitative estimate of drug-likeness (QED) is 0.400. The topological polar surface area (TPSA) is 0 Å².